The predicted molar refractivity (Wildman–Crippen MR) is 50.8 cm³/mol. The summed E-state index contributed by atoms with van der Waals surface area (Å²) in [5.74, 6) is 0. The largest absolute Gasteiger partial charge is 0.726 e. The van der Waals surface area contributed by atoms with Crippen LogP contribution in [0.2, 0.25) is 0 Å². The molecule has 0 unspecified atom stereocenters. The van der Waals surface area contributed by atoms with E-state index >= 15 is 0 Å². The Morgan fingerprint density at radius 2 is 0.611 bits per heavy atom. The first-order valence-electron chi connectivity index (χ1n) is 2.06. The first-order chi connectivity index (χ1) is 6.00. The molecule has 0 saturated heterocycles. The van der Waals surface area contributed by atoms with Crippen LogP contribution >= 0.6 is 0 Å². The van der Waals surface area contributed by atoms with E-state index in [9.17, 15) is 0 Å². The fourth-order valence-corrected chi connectivity index (χ4v) is 0. The minimum atomic E-state index is -4.92. The fourth-order valence-electron chi connectivity index (χ4n) is 0. The zero-order valence-electron chi connectivity index (χ0n) is 8.99. The van der Waals surface area contributed by atoms with Gasteiger partial charge in [-0.15, -0.1) is 0 Å². The molecular weight excluding hydrogens is 382 g/mol. The molecule has 0 heterocycles. The first kappa shape index (κ1) is 36.2. The molecule has 0 fully saturated rings. The van der Waals surface area contributed by atoms with Crippen LogP contribution in [0.25, 0.3) is 0 Å². The van der Waals surface area contributed by atoms with Crippen molar-refractivity contribution in [2.75, 3.05) is 0 Å². The molecule has 0 bridgehead atoms. The molecule has 0 saturated carbocycles. The van der Waals surface area contributed by atoms with Crippen LogP contribution in [-0.4, -0.2) is 52.6 Å². The van der Waals surface area contributed by atoms with E-state index in [1.807, 2.05) is 0 Å². The number of rotatable bonds is 0. The summed E-state index contributed by atoms with van der Waals surface area (Å²) >= 11 is 0. The summed E-state index contributed by atoms with van der Waals surface area (Å²) in [7, 11) is -14.5. The first-order valence-corrected chi connectivity index (χ1v) is 6.19. The third-order valence-corrected chi connectivity index (χ3v) is 0. The second-order valence-electron chi connectivity index (χ2n) is 1.30. The molecule has 0 spiro atoms. The van der Waals surface area contributed by atoms with Crippen LogP contribution in [0.15, 0.2) is 0 Å². The molecule has 114 valence electrons. The van der Waals surface area contributed by atoms with Crippen LogP contribution < -0.4 is 12.3 Å². The molecule has 0 radical (unpaired) electrons. The minimum Gasteiger partial charge on any atom is -0.726 e. The Hall–Kier alpha value is 0.153. The summed E-state index contributed by atoms with van der Waals surface area (Å²) in [6.07, 6.45) is 0. The van der Waals surface area contributed by atoms with Gasteiger partial charge in [-0.3, -0.25) is 18.2 Å². The molecule has 0 rings (SSSR count). The average Bonchev–Trinajstić information content (AvgIpc) is 1.41. The van der Waals surface area contributed by atoms with Crippen LogP contribution in [0.4, 0.5) is 0 Å². The van der Waals surface area contributed by atoms with Gasteiger partial charge in [0.15, 0.2) is 0 Å². The molecule has 0 aliphatic carbocycles. The van der Waals surface area contributed by atoms with E-state index in [1.54, 1.807) is 0 Å². The van der Waals surface area contributed by atoms with Gasteiger partial charge >= 0.3 is 10.4 Å². The van der Waals surface area contributed by atoms with E-state index in [1.165, 1.54) is 0 Å². The van der Waals surface area contributed by atoms with Crippen molar-refractivity contribution in [3.05, 3.63) is 0 Å². The molecule has 12 N–H and O–H groups in total. The summed E-state index contributed by atoms with van der Waals surface area (Å²) in [6.45, 7) is 0. The summed E-state index contributed by atoms with van der Waals surface area (Å²) in [5.41, 5.74) is 0. The van der Waals surface area contributed by atoms with Gasteiger partial charge in [-0.1, -0.05) is 0 Å². The molecule has 0 aromatic carbocycles. The Labute approximate surface area is 115 Å². The van der Waals surface area contributed by atoms with Crippen molar-refractivity contribution in [3.8, 4) is 0 Å². The molecule has 0 atom stereocenters. The molecule has 0 aliphatic rings. The van der Waals surface area contributed by atoms with Gasteiger partial charge in [0.1, 0.15) is 0 Å². The number of hydrogen-bond acceptors (Lipinski definition) is 8. The maximum atomic E-state index is 8.74. The van der Waals surface area contributed by atoms with Crippen molar-refractivity contribution >= 4 is 31.2 Å². The summed E-state index contributed by atoms with van der Waals surface area (Å²) < 4.78 is 97.2. The molecule has 0 aromatic heterocycles. The molecular formula is H12N2O12S3Zn. The van der Waals surface area contributed by atoms with Gasteiger partial charge in [0.05, 0.1) is 0 Å². The van der Waals surface area contributed by atoms with E-state index in [2.05, 4.69) is 0 Å². The van der Waals surface area contributed by atoms with Gasteiger partial charge in [0, 0.05) is 19.5 Å². The topological polar surface area (TPSA) is 302 Å². The Morgan fingerprint density at radius 3 is 0.611 bits per heavy atom. The quantitative estimate of drug-likeness (QED) is 0.149. The second-order valence-corrected chi connectivity index (χ2v) is 3.91. The molecule has 0 amide bonds. The normalized spacial score (nSPS) is 9.67. The molecule has 18 heavy (non-hydrogen) atoms. The van der Waals surface area contributed by atoms with Gasteiger partial charge < -0.3 is 21.4 Å². The maximum absolute atomic E-state index is 8.74. The minimum absolute atomic E-state index is 0. The Balaban J connectivity index is -0.0000000277. The van der Waals surface area contributed by atoms with Crippen LogP contribution in [0.5, 0.6) is 0 Å². The second kappa shape index (κ2) is 13.6. The summed E-state index contributed by atoms with van der Waals surface area (Å²) in [4.78, 5) is 0. The predicted octanol–water partition coefficient (Wildman–Crippen LogP) is -1.89. The van der Waals surface area contributed by atoms with Crippen LogP contribution in [0.3, 0.4) is 0 Å². The standard InChI is InChI=1S/2H3N.3H2O4S.Zn/c;;3*1-5(2,3)4;/h2*1H3;3*(H2,1,2,3,4);. The van der Waals surface area contributed by atoms with E-state index in [0.717, 1.165) is 0 Å². The smallest absolute Gasteiger partial charge is 0.394 e. The SMILES string of the molecule is O=S(=O)(O)O.O=S(=O)([O-])O.O=S(=O)([O-])O.[NH4+].[NH4+].[Zn]. The molecule has 0 aliphatic heterocycles. The van der Waals surface area contributed by atoms with Crippen molar-refractivity contribution in [1.82, 2.24) is 12.3 Å². The Morgan fingerprint density at radius 1 is 0.611 bits per heavy atom. The fraction of sp³-hybridized carbons (Fsp3) is 0. The van der Waals surface area contributed by atoms with Crippen molar-refractivity contribution in [3.63, 3.8) is 0 Å². The van der Waals surface area contributed by atoms with Gasteiger partial charge in [-0.2, -0.15) is 8.42 Å². The average molecular weight is 394 g/mol. The van der Waals surface area contributed by atoms with Crippen LogP contribution in [-0.2, 0) is 50.7 Å². The van der Waals surface area contributed by atoms with Crippen LogP contribution in [0.1, 0.15) is 0 Å². The van der Waals surface area contributed by atoms with Crippen molar-refractivity contribution in [2.24, 2.45) is 0 Å². The van der Waals surface area contributed by atoms with E-state index in [-0.39, 0.29) is 31.8 Å². The van der Waals surface area contributed by atoms with E-state index < -0.39 is 31.2 Å². The molecule has 18 heteroatoms. The zero-order chi connectivity index (χ0) is 13.5. The van der Waals surface area contributed by atoms with Gasteiger partial charge in [0.2, 0.25) is 20.8 Å². The van der Waals surface area contributed by atoms with Gasteiger partial charge in [-0.05, 0) is 0 Å². The van der Waals surface area contributed by atoms with E-state index in [4.69, 9.17) is 52.6 Å². The summed E-state index contributed by atoms with van der Waals surface area (Å²) in [5, 5.41) is 0. The van der Waals surface area contributed by atoms with Crippen molar-refractivity contribution < 1.29 is 72.0 Å². The third kappa shape index (κ3) is 158000. The monoisotopic (exact) mass is 392 g/mol. The van der Waals surface area contributed by atoms with Crippen molar-refractivity contribution in [1.29, 1.82) is 0 Å². The molecule has 14 nitrogen and oxygen atoms in total. The number of quaternary nitrogens is 2. The van der Waals surface area contributed by atoms with Crippen LogP contribution in [0, 0.1) is 0 Å². The van der Waals surface area contributed by atoms with Gasteiger partial charge in [0.25, 0.3) is 0 Å². The maximum Gasteiger partial charge on any atom is 0.394 e. The Bertz CT molecular complexity index is 346. The third-order valence-electron chi connectivity index (χ3n) is 0. The number of hydrogen-bond donors (Lipinski definition) is 6. The zero-order valence-corrected chi connectivity index (χ0v) is 14.4. The molecule has 0 aromatic rings. The Kier molecular flexibility index (Phi) is 27.3. The van der Waals surface area contributed by atoms with Crippen molar-refractivity contribution in [2.45, 2.75) is 0 Å². The van der Waals surface area contributed by atoms with E-state index in [0.29, 0.717) is 0 Å². The summed E-state index contributed by atoms with van der Waals surface area (Å²) in [6, 6.07) is 0. The van der Waals surface area contributed by atoms with Gasteiger partial charge in [-0.25, -0.2) is 16.8 Å².